The lowest BCUT2D eigenvalue weighted by molar-refractivity contribution is -0.141. The fraction of sp³-hybridized carbons (Fsp3) is 0.750. The number of aromatic nitrogens is 3. The zero-order chi connectivity index (χ0) is 16.9. The van der Waals surface area contributed by atoms with E-state index in [9.17, 15) is 9.59 Å². The van der Waals surface area contributed by atoms with Crippen molar-refractivity contribution in [2.24, 2.45) is 5.92 Å². The number of hydrogen-bond donors (Lipinski definition) is 1. The number of carbonyl (C=O) groups excluding carboxylic acids is 2. The average molecular weight is 354 g/mol. The first-order chi connectivity index (χ1) is 11.6. The van der Waals surface area contributed by atoms with E-state index < -0.39 is 0 Å². The molecular weight excluding hydrogens is 330 g/mol. The minimum absolute atomic E-state index is 0.0835. The van der Waals surface area contributed by atoms with Gasteiger partial charge < -0.3 is 9.80 Å². The Balaban J connectivity index is 1.42. The third kappa shape index (κ3) is 4.26. The Bertz CT molecular complexity index is 577. The van der Waals surface area contributed by atoms with Crippen molar-refractivity contribution in [3.8, 4) is 0 Å². The number of hydrogen-bond acceptors (Lipinski definition) is 4. The molecule has 8 heteroatoms. The molecule has 0 spiro atoms. The maximum Gasteiger partial charge on any atom is 0.242 e. The number of likely N-dealkylation sites (tertiary alicyclic amines) is 2. The van der Waals surface area contributed by atoms with Gasteiger partial charge in [0.2, 0.25) is 17.1 Å². The molecule has 0 aromatic carbocycles. The molecule has 7 nitrogen and oxygen atoms in total. The summed E-state index contributed by atoms with van der Waals surface area (Å²) in [7, 11) is 0. The third-order valence-corrected chi connectivity index (χ3v) is 5.11. The first-order valence-electron chi connectivity index (χ1n) is 8.77. The number of amides is 2. The van der Waals surface area contributed by atoms with Gasteiger partial charge in [0.25, 0.3) is 0 Å². The monoisotopic (exact) mass is 353 g/mol. The molecule has 1 aromatic heterocycles. The average Bonchev–Trinajstić information content (AvgIpc) is 3.05. The second kappa shape index (κ2) is 7.96. The molecule has 0 atom stereocenters. The van der Waals surface area contributed by atoms with Gasteiger partial charge in [0.05, 0.1) is 0 Å². The maximum atomic E-state index is 12.5. The lowest BCUT2D eigenvalue weighted by atomic mass is 9.94. The number of rotatable bonds is 4. The highest BCUT2D eigenvalue weighted by molar-refractivity contribution is 6.28. The van der Waals surface area contributed by atoms with Crippen LogP contribution in [-0.4, -0.2) is 63.0 Å². The number of carbonyl (C=O) groups is 2. The van der Waals surface area contributed by atoms with E-state index in [0.717, 1.165) is 38.8 Å². The normalized spacial score (nSPS) is 19.5. The lowest BCUT2D eigenvalue weighted by Crippen LogP contribution is -2.45. The van der Waals surface area contributed by atoms with Crippen molar-refractivity contribution in [2.45, 2.75) is 44.9 Å². The molecule has 2 amide bonds. The highest BCUT2D eigenvalue weighted by atomic mass is 35.5. The van der Waals surface area contributed by atoms with Gasteiger partial charge in [-0.2, -0.15) is 0 Å². The van der Waals surface area contributed by atoms with Crippen molar-refractivity contribution in [1.29, 1.82) is 0 Å². The van der Waals surface area contributed by atoms with Crippen LogP contribution in [0.2, 0.25) is 5.28 Å². The van der Waals surface area contributed by atoms with E-state index in [1.165, 1.54) is 6.42 Å². The van der Waals surface area contributed by atoms with Crippen LogP contribution in [0.3, 0.4) is 0 Å². The minimum Gasteiger partial charge on any atom is -0.343 e. The summed E-state index contributed by atoms with van der Waals surface area (Å²) in [5.74, 6) is 1.10. The van der Waals surface area contributed by atoms with E-state index in [1.54, 1.807) is 0 Å². The number of aryl methyl sites for hydroxylation is 1. The molecule has 0 unspecified atom stereocenters. The van der Waals surface area contributed by atoms with Crippen molar-refractivity contribution in [3.05, 3.63) is 11.1 Å². The van der Waals surface area contributed by atoms with Crippen LogP contribution < -0.4 is 0 Å². The SMILES string of the molecule is O=C(CCc1nc(Cl)n[nH]1)N1CCC(C(=O)N2CCCCC2)CC1. The molecule has 2 saturated heterocycles. The molecule has 24 heavy (non-hydrogen) atoms. The van der Waals surface area contributed by atoms with Gasteiger partial charge in [-0.1, -0.05) is 0 Å². The van der Waals surface area contributed by atoms with Crippen LogP contribution >= 0.6 is 11.6 Å². The standard InChI is InChI=1S/C16H24ClN5O2/c17-16-18-13(19-20-16)4-5-14(23)21-10-6-12(7-11-21)15(24)22-8-2-1-3-9-22/h12H,1-11H2,(H,18,19,20). The summed E-state index contributed by atoms with van der Waals surface area (Å²) in [6.45, 7) is 3.13. The van der Waals surface area contributed by atoms with Crippen LogP contribution in [0.25, 0.3) is 0 Å². The van der Waals surface area contributed by atoms with E-state index in [4.69, 9.17) is 11.6 Å². The van der Waals surface area contributed by atoms with E-state index >= 15 is 0 Å². The topological polar surface area (TPSA) is 82.2 Å². The molecule has 1 N–H and O–H groups in total. The molecule has 0 saturated carbocycles. The molecule has 2 fully saturated rings. The Morgan fingerprint density at radius 3 is 2.42 bits per heavy atom. The molecule has 0 radical (unpaired) electrons. The van der Waals surface area contributed by atoms with Crippen molar-refractivity contribution < 1.29 is 9.59 Å². The van der Waals surface area contributed by atoms with E-state index in [1.807, 2.05) is 9.80 Å². The van der Waals surface area contributed by atoms with Crippen LogP contribution in [0.1, 0.15) is 44.3 Å². The summed E-state index contributed by atoms with van der Waals surface area (Å²) in [4.78, 5) is 32.7. The first kappa shape index (κ1) is 17.2. The quantitative estimate of drug-likeness (QED) is 0.892. The van der Waals surface area contributed by atoms with E-state index in [0.29, 0.717) is 31.8 Å². The predicted molar refractivity (Wildman–Crippen MR) is 89.4 cm³/mol. The Morgan fingerprint density at radius 2 is 1.79 bits per heavy atom. The van der Waals surface area contributed by atoms with Gasteiger partial charge in [0.1, 0.15) is 5.82 Å². The molecule has 1 aromatic rings. The highest BCUT2D eigenvalue weighted by Crippen LogP contribution is 2.22. The van der Waals surface area contributed by atoms with Crippen molar-refractivity contribution >= 4 is 23.4 Å². The van der Waals surface area contributed by atoms with Crippen molar-refractivity contribution in [2.75, 3.05) is 26.2 Å². The lowest BCUT2D eigenvalue weighted by Gasteiger charge is -2.35. The van der Waals surface area contributed by atoms with E-state index in [-0.39, 0.29) is 23.0 Å². The molecule has 3 rings (SSSR count). The first-order valence-corrected chi connectivity index (χ1v) is 9.14. The number of halogens is 1. The van der Waals surface area contributed by atoms with Crippen LogP contribution in [0.4, 0.5) is 0 Å². The zero-order valence-corrected chi connectivity index (χ0v) is 14.6. The molecule has 132 valence electrons. The van der Waals surface area contributed by atoms with Crippen LogP contribution in [0.15, 0.2) is 0 Å². The predicted octanol–water partition coefficient (Wildman–Crippen LogP) is 1.64. The Kier molecular flexibility index (Phi) is 5.71. The molecule has 0 bridgehead atoms. The van der Waals surface area contributed by atoms with Crippen LogP contribution in [0.5, 0.6) is 0 Å². The van der Waals surface area contributed by atoms with Gasteiger partial charge in [-0.15, -0.1) is 5.10 Å². The summed E-state index contributed by atoms with van der Waals surface area (Å²) >= 11 is 5.65. The fourth-order valence-electron chi connectivity index (χ4n) is 3.52. The zero-order valence-electron chi connectivity index (χ0n) is 13.8. The molecular formula is C16H24ClN5O2. The number of piperidine rings is 2. The Labute approximate surface area is 146 Å². The molecule has 0 aliphatic carbocycles. The summed E-state index contributed by atoms with van der Waals surface area (Å²) in [5.41, 5.74) is 0. The van der Waals surface area contributed by atoms with Gasteiger partial charge in [0.15, 0.2) is 0 Å². The van der Waals surface area contributed by atoms with Gasteiger partial charge in [-0.3, -0.25) is 14.7 Å². The minimum atomic E-state index is 0.0835. The third-order valence-electron chi connectivity index (χ3n) is 4.94. The van der Waals surface area contributed by atoms with Gasteiger partial charge in [-0.25, -0.2) is 4.98 Å². The fourth-order valence-corrected chi connectivity index (χ4v) is 3.66. The number of H-pyrrole nitrogens is 1. The van der Waals surface area contributed by atoms with E-state index in [2.05, 4.69) is 15.2 Å². The highest BCUT2D eigenvalue weighted by Gasteiger charge is 2.30. The van der Waals surface area contributed by atoms with Crippen LogP contribution in [-0.2, 0) is 16.0 Å². The molecule has 3 heterocycles. The van der Waals surface area contributed by atoms with Gasteiger partial charge in [0, 0.05) is 44.9 Å². The van der Waals surface area contributed by atoms with Crippen molar-refractivity contribution in [3.63, 3.8) is 0 Å². The Hall–Kier alpha value is -1.63. The smallest absolute Gasteiger partial charge is 0.242 e. The summed E-state index contributed by atoms with van der Waals surface area (Å²) in [5, 5.41) is 6.63. The number of nitrogens with one attached hydrogen (secondary N) is 1. The van der Waals surface area contributed by atoms with Crippen molar-refractivity contribution in [1.82, 2.24) is 25.0 Å². The summed E-state index contributed by atoms with van der Waals surface area (Å²) in [6.07, 6.45) is 5.91. The van der Waals surface area contributed by atoms with Gasteiger partial charge in [-0.05, 0) is 43.7 Å². The summed E-state index contributed by atoms with van der Waals surface area (Å²) in [6, 6.07) is 0. The van der Waals surface area contributed by atoms with Gasteiger partial charge >= 0.3 is 0 Å². The Morgan fingerprint density at radius 1 is 1.08 bits per heavy atom. The molecule has 2 aliphatic heterocycles. The number of nitrogens with zero attached hydrogens (tertiary/aromatic N) is 4. The second-order valence-electron chi connectivity index (χ2n) is 6.59. The summed E-state index contributed by atoms with van der Waals surface area (Å²) < 4.78 is 0. The van der Waals surface area contributed by atoms with Crippen LogP contribution in [0, 0.1) is 5.92 Å². The second-order valence-corrected chi connectivity index (χ2v) is 6.93. The molecule has 2 aliphatic rings. The number of aromatic amines is 1. The maximum absolute atomic E-state index is 12.5. The largest absolute Gasteiger partial charge is 0.343 e.